The maximum atomic E-state index is 11.9. The molecule has 106 valence electrons. The van der Waals surface area contributed by atoms with Crippen molar-refractivity contribution in [3.05, 3.63) is 53.5 Å². The van der Waals surface area contributed by atoms with Crippen LogP contribution in [0.1, 0.15) is 23.8 Å². The molecule has 4 nitrogen and oxygen atoms in total. The summed E-state index contributed by atoms with van der Waals surface area (Å²) >= 11 is 0. The van der Waals surface area contributed by atoms with E-state index in [1.54, 1.807) is 19.3 Å². The van der Waals surface area contributed by atoms with Crippen LogP contribution >= 0.6 is 0 Å². The SMILES string of the molecule is Cc1cc(C)cc(OC(C)C(=O)NCc2ccco2)c1. The minimum absolute atomic E-state index is 0.166. The number of nitrogens with one attached hydrogen (secondary N) is 1. The Labute approximate surface area is 118 Å². The molecule has 1 amide bonds. The summed E-state index contributed by atoms with van der Waals surface area (Å²) < 4.78 is 10.8. The number of hydrogen-bond donors (Lipinski definition) is 1. The van der Waals surface area contributed by atoms with Crippen LogP contribution in [0.5, 0.6) is 5.75 Å². The first-order valence-corrected chi connectivity index (χ1v) is 6.59. The second kappa shape index (κ2) is 6.28. The van der Waals surface area contributed by atoms with Crippen molar-refractivity contribution >= 4 is 5.91 Å². The third kappa shape index (κ3) is 3.88. The Bertz CT molecular complexity index is 555. The molecular weight excluding hydrogens is 254 g/mol. The fraction of sp³-hybridized carbons (Fsp3) is 0.312. The van der Waals surface area contributed by atoms with E-state index in [4.69, 9.17) is 9.15 Å². The van der Waals surface area contributed by atoms with Gasteiger partial charge >= 0.3 is 0 Å². The van der Waals surface area contributed by atoms with Crippen molar-refractivity contribution < 1.29 is 13.9 Å². The van der Waals surface area contributed by atoms with Gasteiger partial charge in [0.15, 0.2) is 6.10 Å². The summed E-state index contributed by atoms with van der Waals surface area (Å²) in [5.74, 6) is 1.26. The Morgan fingerprint density at radius 2 is 2.00 bits per heavy atom. The molecule has 1 heterocycles. The maximum Gasteiger partial charge on any atom is 0.261 e. The highest BCUT2D eigenvalue weighted by Gasteiger charge is 2.14. The van der Waals surface area contributed by atoms with E-state index in [9.17, 15) is 4.79 Å². The van der Waals surface area contributed by atoms with E-state index in [1.165, 1.54) is 0 Å². The Balaban J connectivity index is 1.90. The molecule has 20 heavy (non-hydrogen) atoms. The predicted molar refractivity (Wildman–Crippen MR) is 76.6 cm³/mol. The topological polar surface area (TPSA) is 51.5 Å². The molecule has 0 aliphatic rings. The van der Waals surface area contributed by atoms with Crippen molar-refractivity contribution in [3.8, 4) is 5.75 Å². The number of carbonyl (C=O) groups excluding carboxylic acids is 1. The third-order valence-electron chi connectivity index (χ3n) is 2.89. The van der Waals surface area contributed by atoms with Crippen LogP contribution in [0.3, 0.4) is 0 Å². The van der Waals surface area contributed by atoms with Gasteiger partial charge in [-0.15, -0.1) is 0 Å². The number of hydrogen-bond acceptors (Lipinski definition) is 3. The van der Waals surface area contributed by atoms with Crippen LogP contribution in [0.2, 0.25) is 0 Å². The first-order chi connectivity index (χ1) is 9.54. The van der Waals surface area contributed by atoms with Gasteiger partial charge in [0.1, 0.15) is 11.5 Å². The van der Waals surface area contributed by atoms with Crippen LogP contribution in [0.4, 0.5) is 0 Å². The third-order valence-corrected chi connectivity index (χ3v) is 2.89. The predicted octanol–water partition coefficient (Wildman–Crippen LogP) is 2.98. The highest BCUT2D eigenvalue weighted by Crippen LogP contribution is 2.17. The Morgan fingerprint density at radius 1 is 1.30 bits per heavy atom. The molecule has 0 bridgehead atoms. The Kier molecular flexibility index (Phi) is 4.45. The molecule has 0 spiro atoms. The van der Waals surface area contributed by atoms with Crippen LogP contribution < -0.4 is 10.1 Å². The zero-order valence-electron chi connectivity index (χ0n) is 12.0. The quantitative estimate of drug-likeness (QED) is 0.911. The zero-order chi connectivity index (χ0) is 14.5. The van der Waals surface area contributed by atoms with Crippen molar-refractivity contribution in [2.75, 3.05) is 0 Å². The second-order valence-electron chi connectivity index (χ2n) is 4.88. The number of rotatable bonds is 5. The highest BCUT2D eigenvalue weighted by molar-refractivity contribution is 5.80. The van der Waals surface area contributed by atoms with Gasteiger partial charge in [-0.25, -0.2) is 0 Å². The lowest BCUT2D eigenvalue weighted by molar-refractivity contribution is -0.127. The molecule has 1 aromatic carbocycles. The van der Waals surface area contributed by atoms with Gasteiger partial charge < -0.3 is 14.5 Å². The average molecular weight is 273 g/mol. The molecule has 0 saturated heterocycles. The van der Waals surface area contributed by atoms with Crippen LogP contribution in [-0.2, 0) is 11.3 Å². The van der Waals surface area contributed by atoms with Gasteiger partial charge in [0.05, 0.1) is 12.8 Å². The number of ether oxygens (including phenoxy) is 1. The molecule has 1 aromatic heterocycles. The molecule has 0 fully saturated rings. The minimum Gasteiger partial charge on any atom is -0.481 e. The number of aryl methyl sites for hydroxylation is 2. The summed E-state index contributed by atoms with van der Waals surface area (Å²) in [6.45, 7) is 6.10. The van der Waals surface area contributed by atoms with Crippen molar-refractivity contribution in [1.29, 1.82) is 0 Å². The maximum absolute atomic E-state index is 11.9. The smallest absolute Gasteiger partial charge is 0.261 e. The first-order valence-electron chi connectivity index (χ1n) is 6.59. The van der Waals surface area contributed by atoms with Gasteiger partial charge in [0.25, 0.3) is 5.91 Å². The lowest BCUT2D eigenvalue weighted by atomic mass is 10.1. The number of carbonyl (C=O) groups is 1. The largest absolute Gasteiger partial charge is 0.481 e. The van der Waals surface area contributed by atoms with E-state index in [2.05, 4.69) is 11.4 Å². The molecular formula is C16H19NO3. The molecule has 0 radical (unpaired) electrons. The van der Waals surface area contributed by atoms with E-state index in [1.807, 2.05) is 32.0 Å². The second-order valence-corrected chi connectivity index (χ2v) is 4.88. The fourth-order valence-corrected chi connectivity index (χ4v) is 1.99. The summed E-state index contributed by atoms with van der Waals surface area (Å²) in [4.78, 5) is 11.9. The summed E-state index contributed by atoms with van der Waals surface area (Å²) in [6, 6.07) is 9.51. The molecule has 1 atom stereocenters. The summed E-state index contributed by atoms with van der Waals surface area (Å²) in [5.41, 5.74) is 2.23. The first kappa shape index (κ1) is 14.2. The van der Waals surface area contributed by atoms with Gasteiger partial charge in [-0.3, -0.25) is 4.79 Å². The molecule has 0 saturated carbocycles. The number of furan rings is 1. The van der Waals surface area contributed by atoms with E-state index in [-0.39, 0.29) is 5.91 Å². The van der Waals surface area contributed by atoms with Crippen molar-refractivity contribution in [2.45, 2.75) is 33.4 Å². The molecule has 1 unspecified atom stereocenters. The number of amides is 1. The minimum atomic E-state index is -0.550. The number of benzene rings is 1. The fourth-order valence-electron chi connectivity index (χ4n) is 1.99. The molecule has 0 aliphatic carbocycles. The molecule has 2 aromatic rings. The molecule has 2 rings (SSSR count). The van der Waals surface area contributed by atoms with E-state index in [0.29, 0.717) is 12.3 Å². The van der Waals surface area contributed by atoms with E-state index in [0.717, 1.165) is 16.9 Å². The molecule has 4 heteroatoms. The summed E-state index contributed by atoms with van der Waals surface area (Å²) in [6.07, 6.45) is 1.03. The van der Waals surface area contributed by atoms with Crippen LogP contribution in [0.15, 0.2) is 41.0 Å². The van der Waals surface area contributed by atoms with Crippen molar-refractivity contribution in [2.24, 2.45) is 0 Å². The lowest BCUT2D eigenvalue weighted by Gasteiger charge is -2.15. The zero-order valence-corrected chi connectivity index (χ0v) is 12.0. The van der Waals surface area contributed by atoms with Gasteiger partial charge in [-0.1, -0.05) is 6.07 Å². The lowest BCUT2D eigenvalue weighted by Crippen LogP contribution is -2.35. The summed E-state index contributed by atoms with van der Waals surface area (Å²) in [7, 11) is 0. The highest BCUT2D eigenvalue weighted by atomic mass is 16.5. The van der Waals surface area contributed by atoms with Gasteiger partial charge in [0.2, 0.25) is 0 Å². The van der Waals surface area contributed by atoms with Crippen LogP contribution in [0.25, 0.3) is 0 Å². The standard InChI is InChI=1S/C16H19NO3/c1-11-7-12(2)9-15(8-11)20-13(3)16(18)17-10-14-5-4-6-19-14/h4-9,13H,10H2,1-3H3,(H,17,18). The van der Waals surface area contributed by atoms with Crippen molar-refractivity contribution in [1.82, 2.24) is 5.32 Å². The van der Waals surface area contributed by atoms with E-state index >= 15 is 0 Å². The summed E-state index contributed by atoms with van der Waals surface area (Å²) in [5, 5.41) is 2.78. The molecule has 1 N–H and O–H groups in total. The Hall–Kier alpha value is -2.23. The van der Waals surface area contributed by atoms with Crippen LogP contribution in [0, 0.1) is 13.8 Å². The van der Waals surface area contributed by atoms with E-state index < -0.39 is 6.10 Å². The monoisotopic (exact) mass is 273 g/mol. The Morgan fingerprint density at radius 3 is 2.60 bits per heavy atom. The van der Waals surface area contributed by atoms with Gasteiger partial charge in [0, 0.05) is 0 Å². The van der Waals surface area contributed by atoms with Gasteiger partial charge in [-0.2, -0.15) is 0 Å². The van der Waals surface area contributed by atoms with Gasteiger partial charge in [-0.05, 0) is 56.2 Å². The molecule has 0 aliphatic heterocycles. The average Bonchev–Trinajstić information content (AvgIpc) is 2.87. The van der Waals surface area contributed by atoms with Crippen molar-refractivity contribution in [3.63, 3.8) is 0 Å². The van der Waals surface area contributed by atoms with Crippen LogP contribution in [-0.4, -0.2) is 12.0 Å². The normalized spacial score (nSPS) is 11.9.